The number of Topliss-reactive ketones (excluding diaryl/α,β-unsaturated/α-hetero) is 1. The number of aromatic nitrogens is 2. The molecule has 0 aliphatic carbocycles. The van der Waals surface area contributed by atoms with Crippen molar-refractivity contribution in [3.05, 3.63) is 119 Å². The number of fused-ring (bicyclic) bond motifs is 2. The van der Waals surface area contributed by atoms with Gasteiger partial charge < -0.3 is 25.5 Å². The van der Waals surface area contributed by atoms with Crippen molar-refractivity contribution < 1.29 is 42.3 Å². The third-order valence-corrected chi connectivity index (χ3v) is 8.79. The van der Waals surface area contributed by atoms with Crippen LogP contribution in [0, 0.1) is 11.3 Å². The Hall–Kier alpha value is -6.86. The molecule has 55 heavy (non-hydrogen) atoms. The normalized spacial score (nSPS) is 14.5. The van der Waals surface area contributed by atoms with Crippen LogP contribution in [0.1, 0.15) is 45.8 Å². The number of carbonyl (C=O) groups excluding carboxylic acids is 4. The van der Waals surface area contributed by atoms with Crippen LogP contribution in [-0.2, 0) is 20.9 Å². The largest absolute Gasteiger partial charge is 0.490 e. The first-order valence-corrected chi connectivity index (χ1v) is 16.7. The summed E-state index contributed by atoms with van der Waals surface area (Å²) in [5.74, 6) is -4.09. The van der Waals surface area contributed by atoms with Crippen LogP contribution in [0.25, 0.3) is 16.6 Å². The molecule has 1 aliphatic rings. The smallest absolute Gasteiger partial charge is 0.475 e. The highest BCUT2D eigenvalue weighted by Gasteiger charge is 2.39. The number of carboxylic acids is 1. The summed E-state index contributed by atoms with van der Waals surface area (Å²) >= 11 is 0. The summed E-state index contributed by atoms with van der Waals surface area (Å²) in [4.78, 5) is 65.6. The lowest BCUT2D eigenvalue weighted by molar-refractivity contribution is -0.192. The number of hydrogen-bond acceptors (Lipinski definition) is 8. The maximum absolute atomic E-state index is 14.5. The monoisotopic (exact) mass is 753 g/mol. The van der Waals surface area contributed by atoms with E-state index in [1.165, 1.54) is 11.8 Å². The van der Waals surface area contributed by atoms with Gasteiger partial charge >= 0.3 is 12.1 Å². The van der Waals surface area contributed by atoms with Crippen LogP contribution >= 0.6 is 0 Å². The quantitative estimate of drug-likeness (QED) is 0.184. The number of rotatable bonds is 8. The zero-order valence-electron chi connectivity index (χ0n) is 29.7. The second kappa shape index (κ2) is 16.4. The zero-order valence-corrected chi connectivity index (χ0v) is 29.7. The first kappa shape index (κ1) is 39.3. The Morgan fingerprint density at radius 3 is 2.07 bits per heavy atom. The highest BCUT2D eigenvalue weighted by atomic mass is 19.4. The molecule has 4 aromatic carbocycles. The lowest BCUT2D eigenvalue weighted by Crippen LogP contribution is -2.55. The van der Waals surface area contributed by atoms with Crippen LogP contribution in [0.15, 0.2) is 97.1 Å². The van der Waals surface area contributed by atoms with Gasteiger partial charge in [-0.3, -0.25) is 19.2 Å². The molecule has 0 radical (unpaired) electrons. The molecule has 1 aliphatic heterocycles. The van der Waals surface area contributed by atoms with Gasteiger partial charge in [-0.05, 0) is 63.4 Å². The van der Waals surface area contributed by atoms with E-state index in [2.05, 4.69) is 16.7 Å². The fourth-order valence-electron chi connectivity index (χ4n) is 5.81. The molecule has 13 nitrogen and oxygen atoms in total. The molecule has 0 saturated carbocycles. The van der Waals surface area contributed by atoms with E-state index in [4.69, 9.17) is 15.0 Å². The number of nitrogens with one attached hydrogen (secondary N) is 2. The molecule has 2 heterocycles. The number of hydrogen-bond donors (Lipinski definition) is 3. The number of aliphatic carboxylic acids is 1. The van der Waals surface area contributed by atoms with E-state index in [1.54, 1.807) is 84.2 Å². The highest BCUT2D eigenvalue weighted by Crippen LogP contribution is 2.36. The standard InChI is InChI=1S/C37H33N7O4.C2HF3O2/c1-23(39-3)35(46)40-30-22-42(36(47)26-18-16-25(17-19-26)24(2)45)33-14-8-9-15-34(33)43(37(30)48)21-29-28-11-5-7-13-32(28)44(41-29)31-12-6-4-10-27(31)20-38;3-2(4,5)1(6)7/h4-19,23,30,39H,21-22H2,1-3H3,(H,40,46);(H,6,7). The molecule has 0 saturated heterocycles. The number of likely N-dealkylation sites (N-methyl/N-ethyl adjacent to an activating group) is 1. The fraction of sp³-hybridized carbons (Fsp3) is 0.205. The van der Waals surface area contributed by atoms with Crippen molar-refractivity contribution in [2.75, 3.05) is 23.4 Å². The summed E-state index contributed by atoms with van der Waals surface area (Å²) in [6, 6.07) is 28.7. The Morgan fingerprint density at radius 2 is 1.47 bits per heavy atom. The molecule has 2 unspecified atom stereocenters. The molecular weight excluding hydrogens is 719 g/mol. The van der Waals surface area contributed by atoms with Gasteiger partial charge in [-0.25, -0.2) is 9.48 Å². The summed E-state index contributed by atoms with van der Waals surface area (Å²) in [5.41, 5.74) is 4.10. The summed E-state index contributed by atoms with van der Waals surface area (Å²) < 4.78 is 33.4. The number of benzene rings is 4. The first-order valence-electron chi connectivity index (χ1n) is 16.7. The van der Waals surface area contributed by atoms with Crippen LogP contribution in [-0.4, -0.2) is 76.2 Å². The third-order valence-electron chi connectivity index (χ3n) is 8.79. The average Bonchev–Trinajstić information content (AvgIpc) is 3.50. The fourth-order valence-corrected chi connectivity index (χ4v) is 5.81. The second-order valence-corrected chi connectivity index (χ2v) is 12.3. The number of halogens is 3. The minimum atomic E-state index is -5.08. The molecule has 5 aromatic rings. The van der Waals surface area contributed by atoms with Crippen molar-refractivity contribution >= 4 is 51.8 Å². The lowest BCUT2D eigenvalue weighted by atomic mass is 10.1. The second-order valence-electron chi connectivity index (χ2n) is 12.3. The van der Waals surface area contributed by atoms with Gasteiger partial charge in [0.15, 0.2) is 5.78 Å². The molecule has 0 spiro atoms. The van der Waals surface area contributed by atoms with Crippen LogP contribution in [0.3, 0.4) is 0 Å². The van der Waals surface area contributed by atoms with Gasteiger partial charge in [0.05, 0.1) is 53.0 Å². The Kier molecular flexibility index (Phi) is 11.8. The predicted octanol–water partition coefficient (Wildman–Crippen LogP) is 5.02. The minimum absolute atomic E-state index is 0.0152. The number of amides is 3. The van der Waals surface area contributed by atoms with Crippen molar-refractivity contribution in [3.8, 4) is 11.8 Å². The van der Waals surface area contributed by atoms with Crippen LogP contribution in [0.4, 0.5) is 24.5 Å². The minimum Gasteiger partial charge on any atom is -0.475 e. The van der Waals surface area contributed by atoms with Gasteiger partial charge in [-0.2, -0.15) is 23.5 Å². The molecule has 2 atom stereocenters. The number of nitriles is 1. The summed E-state index contributed by atoms with van der Waals surface area (Å²) in [6.45, 7) is 3.02. The molecule has 16 heteroatoms. The Bertz CT molecular complexity index is 2320. The number of carbonyl (C=O) groups is 5. The van der Waals surface area contributed by atoms with E-state index in [0.717, 1.165) is 10.9 Å². The number of alkyl halides is 3. The third kappa shape index (κ3) is 8.53. The van der Waals surface area contributed by atoms with Gasteiger partial charge in [0.25, 0.3) is 11.8 Å². The van der Waals surface area contributed by atoms with E-state index < -0.39 is 42.0 Å². The van der Waals surface area contributed by atoms with Gasteiger partial charge in [-0.1, -0.05) is 54.6 Å². The summed E-state index contributed by atoms with van der Waals surface area (Å²) in [5, 5.41) is 28.4. The maximum atomic E-state index is 14.5. The van der Waals surface area contributed by atoms with Gasteiger partial charge in [-0.15, -0.1) is 0 Å². The molecule has 6 rings (SSSR count). The lowest BCUT2D eigenvalue weighted by Gasteiger charge is -2.26. The van der Waals surface area contributed by atoms with Crippen LogP contribution in [0.5, 0.6) is 0 Å². The van der Waals surface area contributed by atoms with E-state index >= 15 is 0 Å². The molecule has 1 aromatic heterocycles. The SMILES string of the molecule is CNC(C)C(=O)NC1CN(C(=O)c2ccc(C(C)=O)cc2)c2ccccc2N(Cc2nn(-c3ccccc3C#N)c3ccccc23)C1=O.O=C(O)C(F)(F)F. The number of nitrogens with zero attached hydrogens (tertiary/aromatic N) is 5. The Labute approximate surface area is 312 Å². The van der Waals surface area contributed by atoms with Gasteiger partial charge in [0, 0.05) is 16.5 Å². The molecule has 0 bridgehead atoms. The average molecular weight is 754 g/mol. The Balaban J connectivity index is 0.000000757. The van der Waals surface area contributed by atoms with Gasteiger partial charge in [0.2, 0.25) is 5.91 Å². The molecule has 3 amide bonds. The van der Waals surface area contributed by atoms with Crippen molar-refractivity contribution in [2.24, 2.45) is 0 Å². The predicted molar refractivity (Wildman–Crippen MR) is 196 cm³/mol. The summed E-state index contributed by atoms with van der Waals surface area (Å²) in [7, 11) is 1.65. The molecule has 0 fully saturated rings. The molecule has 3 N–H and O–H groups in total. The highest BCUT2D eigenvalue weighted by molar-refractivity contribution is 6.13. The van der Waals surface area contributed by atoms with E-state index in [0.29, 0.717) is 39.4 Å². The van der Waals surface area contributed by atoms with Crippen molar-refractivity contribution in [1.29, 1.82) is 5.26 Å². The number of ketones is 1. The maximum Gasteiger partial charge on any atom is 0.490 e. The number of carboxylic acid groups (broad SMARTS) is 1. The van der Waals surface area contributed by atoms with Crippen molar-refractivity contribution in [1.82, 2.24) is 20.4 Å². The van der Waals surface area contributed by atoms with E-state index in [1.807, 2.05) is 36.4 Å². The van der Waals surface area contributed by atoms with Crippen LogP contribution < -0.4 is 20.4 Å². The zero-order chi connectivity index (χ0) is 40.0. The van der Waals surface area contributed by atoms with E-state index in [-0.39, 0.29) is 18.9 Å². The first-order chi connectivity index (χ1) is 26.2. The van der Waals surface area contributed by atoms with E-state index in [9.17, 15) is 37.6 Å². The number of para-hydroxylation sites is 4. The Morgan fingerprint density at radius 1 is 0.909 bits per heavy atom. The van der Waals surface area contributed by atoms with Crippen LogP contribution in [0.2, 0.25) is 0 Å². The number of anilines is 2. The van der Waals surface area contributed by atoms with Crippen molar-refractivity contribution in [3.63, 3.8) is 0 Å². The van der Waals surface area contributed by atoms with Gasteiger partial charge in [0.1, 0.15) is 12.1 Å². The topological polar surface area (TPSA) is 178 Å². The molecule has 282 valence electrons. The summed E-state index contributed by atoms with van der Waals surface area (Å²) in [6.07, 6.45) is -5.08. The van der Waals surface area contributed by atoms with Crippen molar-refractivity contribution in [2.45, 2.75) is 38.7 Å². The molecular formula is C39H34F3N7O6.